The Bertz CT molecular complexity index is 946. The zero-order chi connectivity index (χ0) is 22.1. The first-order chi connectivity index (χ1) is 15.1. The number of benzene rings is 1. The lowest BCUT2D eigenvalue weighted by molar-refractivity contribution is 0.236. The van der Waals surface area contributed by atoms with Crippen molar-refractivity contribution in [3.63, 3.8) is 0 Å². The van der Waals surface area contributed by atoms with E-state index in [1.165, 1.54) is 27.1 Å². The second kappa shape index (κ2) is 12.5. The first-order valence-corrected chi connectivity index (χ1v) is 13.6. The third-order valence-electron chi connectivity index (χ3n) is 5.29. The van der Waals surface area contributed by atoms with Crippen LogP contribution in [0.2, 0.25) is 0 Å². The van der Waals surface area contributed by atoms with Crippen molar-refractivity contribution in [2.24, 2.45) is 7.05 Å². The molecule has 3 rings (SSSR count). The quantitative estimate of drug-likeness (QED) is 0.234. The summed E-state index contributed by atoms with van der Waals surface area (Å²) in [6, 6.07) is 8.15. The van der Waals surface area contributed by atoms with E-state index in [2.05, 4.69) is 42.2 Å². The summed E-state index contributed by atoms with van der Waals surface area (Å²) in [7, 11) is 2.79. The lowest BCUT2D eigenvalue weighted by Gasteiger charge is -2.36. The van der Waals surface area contributed by atoms with Crippen LogP contribution in [0.3, 0.4) is 0 Å². The first-order valence-electron chi connectivity index (χ1n) is 10.3. The fourth-order valence-electron chi connectivity index (χ4n) is 3.54. The molecular weight excluding hydrogens is 533 g/mol. The maximum atomic E-state index is 12.0. The largest absolute Gasteiger partial charge is 0.489 e. The third kappa shape index (κ3) is 6.96. The van der Waals surface area contributed by atoms with Gasteiger partial charge in [0.25, 0.3) is 5.56 Å². The van der Waals surface area contributed by atoms with Gasteiger partial charge in [-0.1, -0.05) is 12.1 Å². The predicted molar refractivity (Wildman–Crippen MR) is 131 cm³/mol. The molecule has 0 unspecified atom stereocenters. The van der Waals surface area contributed by atoms with E-state index in [1.807, 2.05) is 18.2 Å². The number of halogens is 1. The zero-order valence-corrected chi connectivity index (χ0v) is 20.6. The van der Waals surface area contributed by atoms with Gasteiger partial charge >= 0.3 is 5.69 Å². The summed E-state index contributed by atoms with van der Waals surface area (Å²) < 4.78 is 13.6. The molecule has 0 atom stereocenters. The maximum absolute atomic E-state index is 12.0. The minimum atomic E-state index is -0.376. The number of nitrogens with zero attached hydrogens (tertiary/aromatic N) is 5. The molecule has 1 aliphatic heterocycles. The number of anilines is 1. The summed E-state index contributed by atoms with van der Waals surface area (Å²) in [6.07, 6.45) is 3.02. The molecule has 1 saturated heterocycles. The van der Waals surface area contributed by atoms with Gasteiger partial charge in [-0.3, -0.25) is 14.3 Å². The molecule has 1 aliphatic rings. The van der Waals surface area contributed by atoms with Crippen molar-refractivity contribution in [2.75, 3.05) is 50.8 Å². The van der Waals surface area contributed by atoms with E-state index in [4.69, 9.17) is 8.92 Å². The van der Waals surface area contributed by atoms with Crippen LogP contribution in [-0.2, 0) is 17.8 Å². The van der Waals surface area contributed by atoms with Gasteiger partial charge < -0.3 is 13.8 Å². The molecule has 1 fully saturated rings. The molecule has 1 aromatic heterocycles. The van der Waals surface area contributed by atoms with Crippen LogP contribution in [0, 0.1) is 0 Å². The van der Waals surface area contributed by atoms with Crippen molar-refractivity contribution in [1.82, 2.24) is 19.2 Å². The van der Waals surface area contributed by atoms with Crippen LogP contribution in [0.1, 0.15) is 12.8 Å². The standard InChI is InChI=1S/C20H28IN5O4S/c1-23-19(27)16-22-26(20(23)28)9-5-4-8-24-10-12-25(13-11-24)17-6-2-3-7-18(17)29-14-15-30-31-21/h2-3,6-7,16H,4-5,8-15H2,1H3. The Hall–Kier alpha value is -1.57. The number of hydrogen-bond donors (Lipinski definition) is 0. The van der Waals surface area contributed by atoms with E-state index in [-0.39, 0.29) is 11.2 Å². The van der Waals surface area contributed by atoms with E-state index in [1.54, 1.807) is 0 Å². The minimum Gasteiger partial charge on any atom is -0.489 e. The number of hydrogen-bond acceptors (Lipinski definition) is 8. The van der Waals surface area contributed by atoms with Crippen LogP contribution in [0.4, 0.5) is 5.69 Å². The van der Waals surface area contributed by atoms with Gasteiger partial charge in [0.05, 0.1) is 21.5 Å². The topological polar surface area (TPSA) is 81.8 Å². The highest BCUT2D eigenvalue weighted by molar-refractivity contribution is 14.2. The van der Waals surface area contributed by atoms with Gasteiger partial charge in [0, 0.05) is 61.0 Å². The Morgan fingerprint density at radius 1 is 1.06 bits per heavy atom. The monoisotopic (exact) mass is 561 g/mol. The highest BCUT2D eigenvalue weighted by Gasteiger charge is 2.19. The first kappa shape index (κ1) is 24.1. The van der Waals surface area contributed by atoms with E-state index < -0.39 is 0 Å². The van der Waals surface area contributed by atoms with E-state index in [0.29, 0.717) is 19.8 Å². The van der Waals surface area contributed by atoms with Crippen LogP contribution >= 0.6 is 30.4 Å². The molecule has 11 heteroatoms. The Morgan fingerprint density at radius 3 is 2.58 bits per heavy atom. The molecule has 170 valence electrons. The Balaban J connectivity index is 1.42. The molecule has 1 aromatic carbocycles. The molecule has 31 heavy (non-hydrogen) atoms. The second-order valence-electron chi connectivity index (χ2n) is 7.28. The summed E-state index contributed by atoms with van der Waals surface area (Å²) in [4.78, 5) is 28.2. The highest BCUT2D eigenvalue weighted by atomic mass is 127. The van der Waals surface area contributed by atoms with Gasteiger partial charge in [-0.15, -0.1) is 0 Å². The Labute approximate surface area is 198 Å². The Kier molecular flexibility index (Phi) is 9.68. The molecule has 9 nitrogen and oxygen atoms in total. The lowest BCUT2D eigenvalue weighted by atomic mass is 10.2. The lowest BCUT2D eigenvalue weighted by Crippen LogP contribution is -2.46. The molecule has 0 amide bonds. The molecule has 0 spiro atoms. The summed E-state index contributed by atoms with van der Waals surface area (Å²) in [5.41, 5.74) is 0.394. The van der Waals surface area contributed by atoms with Crippen LogP contribution in [0.25, 0.3) is 0 Å². The Morgan fingerprint density at radius 2 is 1.81 bits per heavy atom. The predicted octanol–water partition coefficient (Wildman–Crippen LogP) is 1.94. The molecule has 0 radical (unpaired) electrons. The molecule has 0 N–H and O–H groups in total. The van der Waals surface area contributed by atoms with Crippen molar-refractivity contribution in [3.8, 4) is 5.75 Å². The van der Waals surface area contributed by atoms with Gasteiger partial charge in [-0.2, -0.15) is 5.10 Å². The van der Waals surface area contributed by atoms with Crippen LogP contribution < -0.4 is 20.9 Å². The number of unbranched alkanes of at least 4 members (excludes halogenated alkanes) is 1. The smallest absolute Gasteiger partial charge is 0.347 e. The van der Waals surface area contributed by atoms with Gasteiger partial charge in [0.15, 0.2) is 0 Å². The van der Waals surface area contributed by atoms with Crippen molar-refractivity contribution >= 4 is 36.1 Å². The fraction of sp³-hybridized carbons (Fsp3) is 0.550. The van der Waals surface area contributed by atoms with Crippen molar-refractivity contribution < 1.29 is 8.92 Å². The van der Waals surface area contributed by atoms with Crippen LogP contribution in [0.15, 0.2) is 40.1 Å². The number of ether oxygens (including phenoxy) is 1. The molecule has 2 heterocycles. The molecule has 0 aliphatic carbocycles. The summed E-state index contributed by atoms with van der Waals surface area (Å²) >= 11 is 2.10. The summed E-state index contributed by atoms with van der Waals surface area (Å²) in [5, 5.41) is 3.94. The molecule has 2 aromatic rings. The highest BCUT2D eigenvalue weighted by Crippen LogP contribution is 2.29. The van der Waals surface area contributed by atoms with Gasteiger partial charge in [0.2, 0.25) is 0 Å². The van der Waals surface area contributed by atoms with Crippen molar-refractivity contribution in [1.29, 1.82) is 0 Å². The van der Waals surface area contributed by atoms with E-state index >= 15 is 0 Å². The number of aryl methyl sites for hydroxylation is 1. The average Bonchev–Trinajstić information content (AvgIpc) is 2.80. The average molecular weight is 561 g/mol. The van der Waals surface area contributed by atoms with Gasteiger partial charge in [-0.25, -0.2) is 9.48 Å². The second-order valence-corrected chi connectivity index (χ2v) is 8.72. The van der Waals surface area contributed by atoms with Crippen LogP contribution in [0.5, 0.6) is 5.75 Å². The number of rotatable bonds is 11. The number of aromatic nitrogens is 3. The normalized spacial score (nSPS) is 14.7. The molecular formula is C20H28IN5O4S. The van der Waals surface area contributed by atoms with Crippen molar-refractivity contribution in [2.45, 2.75) is 19.4 Å². The van der Waals surface area contributed by atoms with Crippen molar-refractivity contribution in [3.05, 3.63) is 51.3 Å². The van der Waals surface area contributed by atoms with E-state index in [9.17, 15) is 9.59 Å². The molecule has 0 bridgehead atoms. The van der Waals surface area contributed by atoms with Gasteiger partial charge in [0.1, 0.15) is 18.6 Å². The maximum Gasteiger partial charge on any atom is 0.347 e. The SMILES string of the molecule is Cn1c(=O)cnn(CCCCN2CCN(c3ccccc3OCCOSI)CC2)c1=O. The van der Waals surface area contributed by atoms with Gasteiger partial charge in [-0.05, 0) is 31.5 Å². The summed E-state index contributed by atoms with van der Waals surface area (Å²) in [6.45, 7) is 6.46. The number of piperazine rings is 1. The minimum absolute atomic E-state index is 0.360. The zero-order valence-electron chi connectivity index (χ0n) is 17.6. The fourth-order valence-corrected chi connectivity index (χ4v) is 4.21. The number of para-hydroxylation sites is 2. The molecule has 0 saturated carbocycles. The summed E-state index contributed by atoms with van der Waals surface area (Å²) in [5.74, 6) is 0.896. The van der Waals surface area contributed by atoms with E-state index in [0.717, 1.165) is 61.6 Å². The third-order valence-corrected chi connectivity index (χ3v) is 6.31. The van der Waals surface area contributed by atoms with Crippen LogP contribution in [-0.4, -0.2) is 65.2 Å².